The van der Waals surface area contributed by atoms with Crippen LogP contribution in [0.3, 0.4) is 0 Å². The van der Waals surface area contributed by atoms with Crippen molar-refractivity contribution in [2.24, 2.45) is 0 Å². The molecule has 0 fully saturated rings. The summed E-state index contributed by atoms with van der Waals surface area (Å²) in [6, 6.07) is 10.3. The summed E-state index contributed by atoms with van der Waals surface area (Å²) in [7, 11) is -3.22. The van der Waals surface area contributed by atoms with E-state index >= 15 is 0 Å². The Morgan fingerprint density at radius 1 is 1.19 bits per heavy atom. The van der Waals surface area contributed by atoms with E-state index in [2.05, 4.69) is 10.3 Å². The number of benzene rings is 1. The molecule has 0 bridgehead atoms. The molecular weight excluding hydrogens is 388 g/mol. The third-order valence-corrected chi connectivity index (χ3v) is 6.87. The van der Waals surface area contributed by atoms with E-state index in [1.54, 1.807) is 35.6 Å². The van der Waals surface area contributed by atoms with Crippen molar-refractivity contribution in [1.29, 1.82) is 0 Å². The molecule has 1 aromatic carbocycles. The van der Waals surface area contributed by atoms with E-state index in [9.17, 15) is 13.2 Å². The summed E-state index contributed by atoms with van der Waals surface area (Å²) in [4.78, 5) is 18.2. The van der Waals surface area contributed by atoms with Gasteiger partial charge in [-0.05, 0) is 36.1 Å². The fourth-order valence-corrected chi connectivity index (χ4v) is 4.71. The van der Waals surface area contributed by atoms with E-state index in [0.717, 1.165) is 21.1 Å². The molecule has 1 amide bonds. The highest BCUT2D eigenvalue weighted by Gasteiger charge is 2.14. The molecule has 0 aliphatic heterocycles. The van der Waals surface area contributed by atoms with Crippen LogP contribution in [-0.2, 0) is 21.1 Å². The van der Waals surface area contributed by atoms with Gasteiger partial charge in [0.25, 0.3) is 0 Å². The molecule has 2 heterocycles. The summed E-state index contributed by atoms with van der Waals surface area (Å²) in [5, 5.41) is 7.75. The Balaban J connectivity index is 1.61. The van der Waals surface area contributed by atoms with Gasteiger partial charge in [-0.25, -0.2) is 13.4 Å². The normalized spacial score (nSPS) is 12.7. The molecule has 1 N–H and O–H groups in total. The maximum atomic E-state index is 12.3. The molecule has 3 rings (SSSR count). The summed E-state index contributed by atoms with van der Waals surface area (Å²) in [6.45, 7) is 1.87. The summed E-state index contributed by atoms with van der Waals surface area (Å²) < 4.78 is 23.0. The van der Waals surface area contributed by atoms with Crippen molar-refractivity contribution in [3.8, 4) is 9.88 Å². The summed E-state index contributed by atoms with van der Waals surface area (Å²) in [5.74, 6) is -0.118. The number of rotatable bonds is 6. The molecule has 0 radical (unpaired) electrons. The Hall–Kier alpha value is -2.03. The quantitative estimate of drug-likeness (QED) is 0.677. The first kappa shape index (κ1) is 18.8. The average Bonchev–Trinajstić information content (AvgIpc) is 3.25. The van der Waals surface area contributed by atoms with E-state index in [0.29, 0.717) is 0 Å². The van der Waals surface area contributed by atoms with Crippen LogP contribution in [0, 0.1) is 0 Å². The number of hydrogen-bond acceptors (Lipinski definition) is 6. The maximum Gasteiger partial charge on any atom is 0.226 e. The third kappa shape index (κ3) is 4.57. The molecule has 0 aliphatic carbocycles. The zero-order chi connectivity index (χ0) is 18.7. The van der Waals surface area contributed by atoms with Gasteiger partial charge < -0.3 is 5.32 Å². The zero-order valence-electron chi connectivity index (χ0n) is 14.3. The lowest BCUT2D eigenvalue weighted by Crippen LogP contribution is -2.28. The molecule has 3 aromatic rings. The molecule has 8 heteroatoms. The van der Waals surface area contributed by atoms with Gasteiger partial charge in [0.2, 0.25) is 5.91 Å². The Labute approximate surface area is 160 Å². The van der Waals surface area contributed by atoms with Crippen LogP contribution in [0.2, 0.25) is 0 Å². The number of hydrogen-bond donors (Lipinski definition) is 1. The monoisotopic (exact) mass is 406 g/mol. The van der Waals surface area contributed by atoms with Crippen molar-refractivity contribution in [2.75, 3.05) is 6.26 Å². The van der Waals surface area contributed by atoms with Gasteiger partial charge >= 0.3 is 0 Å². The fourth-order valence-electron chi connectivity index (χ4n) is 2.45. The summed E-state index contributed by atoms with van der Waals surface area (Å²) in [5.41, 5.74) is 1.60. The van der Waals surface area contributed by atoms with Crippen molar-refractivity contribution in [3.05, 3.63) is 58.4 Å². The minimum absolute atomic E-state index is 0.118. The third-order valence-electron chi connectivity index (χ3n) is 3.81. The van der Waals surface area contributed by atoms with Gasteiger partial charge in [0.15, 0.2) is 9.84 Å². The minimum Gasteiger partial charge on any atom is -0.349 e. The number of amides is 1. The van der Waals surface area contributed by atoms with Crippen molar-refractivity contribution in [2.45, 2.75) is 24.3 Å². The lowest BCUT2D eigenvalue weighted by molar-refractivity contribution is -0.121. The highest BCUT2D eigenvalue weighted by Crippen LogP contribution is 2.28. The number of nitrogens with zero attached hydrogens (tertiary/aromatic N) is 1. The minimum atomic E-state index is -3.22. The van der Waals surface area contributed by atoms with E-state index in [1.165, 1.54) is 17.6 Å². The molecule has 136 valence electrons. The highest BCUT2D eigenvalue weighted by molar-refractivity contribution is 7.90. The first-order valence-corrected chi connectivity index (χ1v) is 11.6. The molecule has 26 heavy (non-hydrogen) atoms. The Kier molecular flexibility index (Phi) is 5.55. The topological polar surface area (TPSA) is 76.1 Å². The summed E-state index contributed by atoms with van der Waals surface area (Å²) >= 11 is 3.15. The molecule has 0 unspecified atom stereocenters. The van der Waals surface area contributed by atoms with Crippen LogP contribution in [0.4, 0.5) is 0 Å². The molecular formula is C18H18N2O3S3. The van der Waals surface area contributed by atoms with Crippen LogP contribution in [0.25, 0.3) is 9.88 Å². The predicted octanol–water partition coefficient (Wildman–Crippen LogP) is 3.70. The number of nitrogens with one attached hydrogen (secondary N) is 1. The number of aromatic nitrogens is 1. The first-order valence-electron chi connectivity index (χ1n) is 7.90. The second-order valence-corrected chi connectivity index (χ2v) is 9.75. The molecule has 2 aromatic heterocycles. The second-order valence-electron chi connectivity index (χ2n) is 5.93. The van der Waals surface area contributed by atoms with Gasteiger partial charge in [-0.3, -0.25) is 4.79 Å². The zero-order valence-corrected chi connectivity index (χ0v) is 16.7. The van der Waals surface area contributed by atoms with Crippen LogP contribution in [0.15, 0.2) is 52.1 Å². The standard InChI is InChI=1S/C18H18N2O3S3/c1-12(13-5-7-15(8-6-13)26(2,22)23)19-17(21)10-14-11-25-18(20-14)16-4-3-9-24-16/h3-9,11-12H,10H2,1-2H3,(H,19,21)/t12-/m1/s1. The van der Waals surface area contributed by atoms with Crippen LogP contribution >= 0.6 is 22.7 Å². The number of carbonyl (C=O) groups is 1. The number of carbonyl (C=O) groups excluding carboxylic acids is 1. The molecule has 0 aliphatic rings. The number of thiophene rings is 1. The smallest absolute Gasteiger partial charge is 0.226 e. The molecule has 0 saturated carbocycles. The Bertz CT molecular complexity index is 991. The van der Waals surface area contributed by atoms with Crippen molar-refractivity contribution in [3.63, 3.8) is 0 Å². The van der Waals surface area contributed by atoms with Gasteiger partial charge in [0, 0.05) is 11.6 Å². The number of thiazole rings is 1. The van der Waals surface area contributed by atoms with Crippen LogP contribution < -0.4 is 5.32 Å². The van der Waals surface area contributed by atoms with Crippen molar-refractivity contribution in [1.82, 2.24) is 10.3 Å². The van der Waals surface area contributed by atoms with E-state index < -0.39 is 9.84 Å². The van der Waals surface area contributed by atoms with Gasteiger partial charge in [0.1, 0.15) is 5.01 Å². The van der Waals surface area contributed by atoms with Gasteiger partial charge in [-0.1, -0.05) is 18.2 Å². The molecule has 0 spiro atoms. The molecule has 1 atom stereocenters. The fraction of sp³-hybridized carbons (Fsp3) is 0.222. The first-order chi connectivity index (χ1) is 12.3. The SMILES string of the molecule is C[C@@H](NC(=O)Cc1csc(-c2cccs2)n1)c1ccc(S(C)(=O)=O)cc1. The van der Waals surface area contributed by atoms with Gasteiger partial charge in [-0.15, -0.1) is 22.7 Å². The highest BCUT2D eigenvalue weighted by atomic mass is 32.2. The van der Waals surface area contributed by atoms with Crippen LogP contribution in [-0.4, -0.2) is 25.6 Å². The largest absolute Gasteiger partial charge is 0.349 e. The van der Waals surface area contributed by atoms with Crippen molar-refractivity contribution < 1.29 is 13.2 Å². The Morgan fingerprint density at radius 3 is 2.54 bits per heavy atom. The Morgan fingerprint density at radius 2 is 1.92 bits per heavy atom. The van der Waals surface area contributed by atoms with E-state index in [-0.39, 0.29) is 23.3 Å². The molecule has 5 nitrogen and oxygen atoms in total. The lowest BCUT2D eigenvalue weighted by Gasteiger charge is -2.14. The van der Waals surface area contributed by atoms with Crippen molar-refractivity contribution >= 4 is 38.4 Å². The van der Waals surface area contributed by atoms with Crippen LogP contribution in [0.5, 0.6) is 0 Å². The van der Waals surface area contributed by atoms with Crippen LogP contribution in [0.1, 0.15) is 24.2 Å². The average molecular weight is 407 g/mol. The lowest BCUT2D eigenvalue weighted by atomic mass is 10.1. The predicted molar refractivity (Wildman–Crippen MR) is 105 cm³/mol. The maximum absolute atomic E-state index is 12.3. The molecule has 0 saturated heterocycles. The van der Waals surface area contributed by atoms with Gasteiger partial charge in [-0.2, -0.15) is 0 Å². The van der Waals surface area contributed by atoms with Gasteiger partial charge in [0.05, 0.1) is 27.9 Å². The summed E-state index contributed by atoms with van der Waals surface area (Å²) in [6.07, 6.45) is 1.39. The van der Waals surface area contributed by atoms with E-state index in [4.69, 9.17) is 0 Å². The van der Waals surface area contributed by atoms with E-state index in [1.807, 2.05) is 29.8 Å². The number of sulfone groups is 1. The second kappa shape index (κ2) is 7.69.